The van der Waals surface area contributed by atoms with Crippen LogP contribution in [-0.4, -0.2) is 17.8 Å². The Balaban J connectivity index is 1.82. The second-order valence-corrected chi connectivity index (χ2v) is 6.02. The van der Waals surface area contributed by atoms with Crippen LogP contribution in [0.15, 0.2) is 11.4 Å². The van der Waals surface area contributed by atoms with Gasteiger partial charge in [0.15, 0.2) is 0 Å². The van der Waals surface area contributed by atoms with E-state index in [9.17, 15) is 4.79 Å². The molecule has 2 unspecified atom stereocenters. The molecule has 2 atom stereocenters. The molecule has 0 aliphatic heterocycles. The summed E-state index contributed by atoms with van der Waals surface area (Å²) in [7, 11) is 0. The maximum atomic E-state index is 11.7. The van der Waals surface area contributed by atoms with E-state index in [1.807, 2.05) is 5.38 Å². The van der Waals surface area contributed by atoms with E-state index in [1.54, 1.807) is 6.07 Å². The van der Waals surface area contributed by atoms with Crippen LogP contribution in [0.5, 0.6) is 0 Å². The van der Waals surface area contributed by atoms with Gasteiger partial charge in [-0.15, -0.1) is 22.9 Å². The van der Waals surface area contributed by atoms with Crippen LogP contribution in [-0.2, 0) is 0 Å². The van der Waals surface area contributed by atoms with Crippen LogP contribution >= 0.6 is 34.5 Å². The average molecular weight is 278 g/mol. The Morgan fingerprint density at radius 1 is 1.56 bits per heavy atom. The normalized spacial score (nSPS) is 24.6. The van der Waals surface area contributed by atoms with Gasteiger partial charge in [-0.2, -0.15) is 0 Å². The first-order valence-electron chi connectivity index (χ1n) is 5.32. The average Bonchev–Trinajstić information content (AvgIpc) is 2.84. The number of hydrogen-bond donors (Lipinski definition) is 1. The third-order valence-corrected chi connectivity index (χ3v) is 4.59. The van der Waals surface area contributed by atoms with Crippen LogP contribution in [0.2, 0.25) is 5.02 Å². The largest absolute Gasteiger partial charge is 0.351 e. The van der Waals surface area contributed by atoms with E-state index in [-0.39, 0.29) is 11.3 Å². The van der Waals surface area contributed by atoms with Gasteiger partial charge in [0.2, 0.25) is 0 Å². The van der Waals surface area contributed by atoms with Gasteiger partial charge in [-0.25, -0.2) is 0 Å². The Hall–Kier alpha value is -0.250. The van der Waals surface area contributed by atoms with Gasteiger partial charge < -0.3 is 5.32 Å². The highest BCUT2D eigenvalue weighted by atomic mass is 35.5. The second-order valence-electron chi connectivity index (χ2n) is 4.08. The second kappa shape index (κ2) is 5.39. The van der Waals surface area contributed by atoms with Crippen LogP contribution in [0.4, 0.5) is 0 Å². The summed E-state index contributed by atoms with van der Waals surface area (Å²) in [6, 6.07) is 1.74. The molecule has 2 rings (SSSR count). The fourth-order valence-electron chi connectivity index (χ4n) is 1.97. The van der Waals surface area contributed by atoms with Gasteiger partial charge in [0, 0.05) is 11.9 Å². The predicted molar refractivity (Wildman–Crippen MR) is 68.6 cm³/mol. The third kappa shape index (κ3) is 2.90. The van der Waals surface area contributed by atoms with E-state index < -0.39 is 0 Å². The predicted octanol–water partition coefficient (Wildman–Crippen LogP) is 3.54. The smallest absolute Gasteiger partial charge is 0.262 e. The summed E-state index contributed by atoms with van der Waals surface area (Å²) in [5, 5.41) is 5.55. The molecular weight excluding hydrogens is 265 g/mol. The molecule has 0 saturated heterocycles. The zero-order valence-electron chi connectivity index (χ0n) is 8.71. The number of nitrogens with one attached hydrogen (secondary N) is 1. The van der Waals surface area contributed by atoms with Gasteiger partial charge in [0.05, 0.1) is 5.02 Å². The van der Waals surface area contributed by atoms with Gasteiger partial charge in [0.1, 0.15) is 4.88 Å². The highest BCUT2D eigenvalue weighted by Crippen LogP contribution is 2.29. The van der Waals surface area contributed by atoms with Gasteiger partial charge >= 0.3 is 0 Å². The number of carbonyl (C=O) groups excluding carboxylic acids is 1. The van der Waals surface area contributed by atoms with Crippen molar-refractivity contribution in [2.75, 3.05) is 6.54 Å². The van der Waals surface area contributed by atoms with E-state index in [4.69, 9.17) is 23.2 Å². The lowest BCUT2D eigenvalue weighted by Gasteiger charge is -2.10. The molecule has 1 heterocycles. The molecule has 0 spiro atoms. The summed E-state index contributed by atoms with van der Waals surface area (Å²) < 4.78 is 0. The van der Waals surface area contributed by atoms with Crippen LogP contribution < -0.4 is 5.32 Å². The quantitative estimate of drug-likeness (QED) is 0.842. The van der Waals surface area contributed by atoms with Crippen molar-refractivity contribution in [3.8, 4) is 0 Å². The SMILES string of the molecule is O=C(NCC1CCC(Cl)C1)c1sccc1Cl. The summed E-state index contributed by atoms with van der Waals surface area (Å²) in [4.78, 5) is 12.3. The van der Waals surface area contributed by atoms with Crippen molar-refractivity contribution in [3.05, 3.63) is 21.3 Å². The van der Waals surface area contributed by atoms with Gasteiger partial charge in [0.25, 0.3) is 5.91 Å². The van der Waals surface area contributed by atoms with E-state index >= 15 is 0 Å². The third-order valence-electron chi connectivity index (χ3n) is 2.85. The standard InChI is InChI=1S/C11H13Cl2NOS/c12-8-2-1-7(5-8)6-14-11(15)10-9(13)3-4-16-10/h3-4,7-8H,1-2,5-6H2,(H,14,15). The van der Waals surface area contributed by atoms with Gasteiger partial charge in [-0.1, -0.05) is 11.6 Å². The monoisotopic (exact) mass is 277 g/mol. The fraction of sp³-hybridized carbons (Fsp3) is 0.545. The first kappa shape index (κ1) is 12.2. The molecule has 88 valence electrons. The maximum absolute atomic E-state index is 11.7. The summed E-state index contributed by atoms with van der Waals surface area (Å²) in [5.74, 6) is 0.447. The summed E-state index contributed by atoms with van der Waals surface area (Å²) in [5.41, 5.74) is 0. The molecule has 1 saturated carbocycles. The minimum absolute atomic E-state index is 0.0713. The Bertz CT molecular complexity index is 380. The lowest BCUT2D eigenvalue weighted by atomic mass is 10.1. The highest BCUT2D eigenvalue weighted by molar-refractivity contribution is 7.12. The van der Waals surface area contributed by atoms with Crippen molar-refractivity contribution >= 4 is 40.4 Å². The van der Waals surface area contributed by atoms with Crippen LogP contribution in [0.1, 0.15) is 28.9 Å². The zero-order chi connectivity index (χ0) is 11.5. The topological polar surface area (TPSA) is 29.1 Å². The lowest BCUT2D eigenvalue weighted by molar-refractivity contribution is 0.0951. The van der Waals surface area contributed by atoms with Gasteiger partial charge in [-0.3, -0.25) is 4.79 Å². The van der Waals surface area contributed by atoms with Crippen molar-refractivity contribution in [2.45, 2.75) is 24.6 Å². The molecule has 1 aliphatic carbocycles. The molecule has 1 fully saturated rings. The van der Waals surface area contributed by atoms with Crippen molar-refractivity contribution in [1.29, 1.82) is 0 Å². The minimum Gasteiger partial charge on any atom is -0.351 e. The molecule has 1 aromatic rings. The highest BCUT2D eigenvalue weighted by Gasteiger charge is 2.23. The number of carbonyl (C=O) groups is 1. The first-order chi connectivity index (χ1) is 7.66. The number of amides is 1. The van der Waals surface area contributed by atoms with E-state index in [2.05, 4.69) is 5.32 Å². The molecule has 0 radical (unpaired) electrons. The lowest BCUT2D eigenvalue weighted by Crippen LogP contribution is -2.28. The number of alkyl halides is 1. The first-order valence-corrected chi connectivity index (χ1v) is 7.01. The Labute approximate surface area is 109 Å². The summed E-state index contributed by atoms with van der Waals surface area (Å²) in [6.45, 7) is 0.705. The van der Waals surface area contributed by atoms with E-state index in [0.29, 0.717) is 22.4 Å². The zero-order valence-corrected chi connectivity index (χ0v) is 11.0. The van der Waals surface area contributed by atoms with Crippen LogP contribution in [0, 0.1) is 5.92 Å². The molecule has 16 heavy (non-hydrogen) atoms. The molecule has 5 heteroatoms. The maximum Gasteiger partial charge on any atom is 0.262 e. The minimum atomic E-state index is -0.0713. The Kier molecular flexibility index (Phi) is 4.11. The van der Waals surface area contributed by atoms with Crippen molar-refractivity contribution in [1.82, 2.24) is 5.32 Å². The molecule has 0 aromatic carbocycles. The Morgan fingerprint density at radius 3 is 2.94 bits per heavy atom. The molecule has 1 aromatic heterocycles. The number of rotatable bonds is 3. The van der Waals surface area contributed by atoms with Crippen molar-refractivity contribution < 1.29 is 4.79 Å². The van der Waals surface area contributed by atoms with Crippen molar-refractivity contribution in [3.63, 3.8) is 0 Å². The fourth-order valence-corrected chi connectivity index (χ4v) is 3.41. The summed E-state index contributed by atoms with van der Waals surface area (Å²) >= 11 is 13.3. The van der Waals surface area contributed by atoms with Crippen LogP contribution in [0.25, 0.3) is 0 Å². The molecule has 2 nitrogen and oxygen atoms in total. The van der Waals surface area contributed by atoms with E-state index in [1.165, 1.54) is 11.3 Å². The number of thiophene rings is 1. The van der Waals surface area contributed by atoms with Crippen LogP contribution in [0.3, 0.4) is 0 Å². The number of halogens is 2. The molecule has 1 N–H and O–H groups in total. The molecular formula is C11H13Cl2NOS. The number of hydrogen-bond acceptors (Lipinski definition) is 2. The Morgan fingerprint density at radius 2 is 2.38 bits per heavy atom. The molecule has 1 amide bonds. The molecule has 0 bridgehead atoms. The summed E-state index contributed by atoms with van der Waals surface area (Å²) in [6.07, 6.45) is 3.16. The van der Waals surface area contributed by atoms with E-state index in [0.717, 1.165) is 19.3 Å². The molecule has 1 aliphatic rings. The van der Waals surface area contributed by atoms with Crippen molar-refractivity contribution in [2.24, 2.45) is 5.92 Å². The van der Waals surface area contributed by atoms with Gasteiger partial charge in [-0.05, 0) is 36.6 Å².